The minimum absolute atomic E-state index is 0.0899. The van der Waals surface area contributed by atoms with Gasteiger partial charge in [0.15, 0.2) is 6.04 Å². The molecule has 0 fully saturated rings. The first-order valence-electron chi connectivity index (χ1n) is 5.62. The Morgan fingerprint density at radius 3 is 2.89 bits per heavy atom. The Morgan fingerprint density at radius 1 is 1.42 bits per heavy atom. The number of carboxylic acid groups (broad SMARTS) is 1. The van der Waals surface area contributed by atoms with Gasteiger partial charge in [0.1, 0.15) is 15.8 Å². The molecule has 0 saturated heterocycles. The summed E-state index contributed by atoms with van der Waals surface area (Å²) in [6.07, 6.45) is 0. The van der Waals surface area contributed by atoms with Crippen LogP contribution < -0.4 is 0 Å². The first-order valence-corrected chi connectivity index (χ1v) is 7.31. The highest BCUT2D eigenvalue weighted by Gasteiger charge is 2.33. The molecular weight excluding hydrogens is 284 g/mol. The molecule has 1 aliphatic rings. The van der Waals surface area contributed by atoms with Crippen molar-refractivity contribution in [3.8, 4) is 5.75 Å². The zero-order chi connectivity index (χ0) is 13.6. The molecule has 98 valence electrons. The molecule has 2 atom stereocenters. The van der Waals surface area contributed by atoms with E-state index in [1.165, 1.54) is 23.1 Å². The molecule has 2 aromatic rings. The zero-order valence-corrected chi connectivity index (χ0v) is 11.5. The van der Waals surface area contributed by atoms with Gasteiger partial charge >= 0.3 is 5.97 Å². The number of nitrogens with zero attached hydrogens (tertiary/aromatic N) is 2. The number of aliphatic imine (C=N–C) groups is 1. The van der Waals surface area contributed by atoms with E-state index in [1.807, 2.05) is 6.92 Å². The number of carboxylic acids is 1. The summed E-state index contributed by atoms with van der Waals surface area (Å²) in [7, 11) is 0. The summed E-state index contributed by atoms with van der Waals surface area (Å²) in [6.45, 7) is 1.85. The Kier molecular flexibility index (Phi) is 2.94. The minimum atomic E-state index is -0.909. The third kappa shape index (κ3) is 2.19. The van der Waals surface area contributed by atoms with Gasteiger partial charge in [-0.3, -0.25) is 4.99 Å². The van der Waals surface area contributed by atoms with E-state index in [0.717, 1.165) is 10.2 Å². The van der Waals surface area contributed by atoms with Crippen LogP contribution in [0.15, 0.2) is 23.2 Å². The van der Waals surface area contributed by atoms with Gasteiger partial charge in [0, 0.05) is 5.25 Å². The summed E-state index contributed by atoms with van der Waals surface area (Å²) in [5, 5.41) is 19.8. The molecule has 0 saturated carbocycles. The first-order chi connectivity index (χ1) is 9.04. The molecule has 2 unspecified atom stereocenters. The third-order valence-electron chi connectivity index (χ3n) is 2.81. The molecule has 0 spiro atoms. The number of carbonyl (C=O) groups is 1. The van der Waals surface area contributed by atoms with Gasteiger partial charge in [-0.15, -0.1) is 11.3 Å². The fourth-order valence-electron chi connectivity index (χ4n) is 1.87. The highest BCUT2D eigenvalue weighted by Crippen LogP contribution is 2.34. The molecule has 0 amide bonds. The normalized spacial score (nSPS) is 22.7. The fourth-order valence-corrected chi connectivity index (χ4v) is 4.01. The molecule has 5 nitrogen and oxygen atoms in total. The molecule has 7 heteroatoms. The number of fused-ring (bicyclic) bond motifs is 1. The van der Waals surface area contributed by atoms with Crippen molar-refractivity contribution in [1.82, 2.24) is 4.98 Å². The summed E-state index contributed by atoms with van der Waals surface area (Å²) in [5.74, 6) is -0.714. The second-order valence-electron chi connectivity index (χ2n) is 4.21. The average molecular weight is 294 g/mol. The molecule has 3 rings (SSSR count). The predicted octanol–water partition coefficient (Wildman–Crippen LogP) is 2.34. The quantitative estimate of drug-likeness (QED) is 0.888. The van der Waals surface area contributed by atoms with Crippen molar-refractivity contribution in [1.29, 1.82) is 0 Å². The van der Waals surface area contributed by atoms with E-state index < -0.39 is 12.0 Å². The van der Waals surface area contributed by atoms with E-state index in [2.05, 4.69) is 9.98 Å². The minimum Gasteiger partial charge on any atom is -0.508 e. The van der Waals surface area contributed by atoms with Crippen molar-refractivity contribution < 1.29 is 15.0 Å². The van der Waals surface area contributed by atoms with Gasteiger partial charge in [-0.1, -0.05) is 18.7 Å². The van der Waals surface area contributed by atoms with Crippen molar-refractivity contribution >= 4 is 44.3 Å². The molecule has 2 heterocycles. The second-order valence-corrected chi connectivity index (χ2v) is 6.61. The van der Waals surface area contributed by atoms with Crippen LogP contribution in [0.5, 0.6) is 5.75 Å². The predicted molar refractivity (Wildman–Crippen MR) is 76.3 cm³/mol. The lowest BCUT2D eigenvalue weighted by Crippen LogP contribution is -2.24. The Labute approximate surface area is 117 Å². The number of hydrogen-bond acceptors (Lipinski definition) is 6. The molecule has 1 aliphatic heterocycles. The van der Waals surface area contributed by atoms with Crippen molar-refractivity contribution in [3.63, 3.8) is 0 Å². The monoisotopic (exact) mass is 294 g/mol. The van der Waals surface area contributed by atoms with Crippen molar-refractivity contribution in [2.24, 2.45) is 4.99 Å². The van der Waals surface area contributed by atoms with Crippen molar-refractivity contribution in [2.45, 2.75) is 18.2 Å². The number of aromatic hydroxyl groups is 1. The number of aliphatic carboxylic acids is 1. The summed E-state index contributed by atoms with van der Waals surface area (Å²) in [4.78, 5) is 19.7. The molecular formula is C12H10N2O3S2. The Bertz CT molecular complexity index is 695. The van der Waals surface area contributed by atoms with Gasteiger partial charge in [-0.2, -0.15) is 0 Å². The summed E-state index contributed by atoms with van der Waals surface area (Å²) >= 11 is 2.84. The zero-order valence-electron chi connectivity index (χ0n) is 9.90. The SMILES string of the molecule is CC1SC(c2nc3ccc(O)cc3s2)=NC1C(=O)O. The van der Waals surface area contributed by atoms with Crippen LogP contribution in [0, 0.1) is 0 Å². The topological polar surface area (TPSA) is 82.8 Å². The highest BCUT2D eigenvalue weighted by molar-refractivity contribution is 8.15. The van der Waals surface area contributed by atoms with Crippen molar-refractivity contribution in [3.05, 3.63) is 23.2 Å². The molecule has 2 N–H and O–H groups in total. The van der Waals surface area contributed by atoms with E-state index in [4.69, 9.17) is 5.11 Å². The second kappa shape index (κ2) is 4.50. The highest BCUT2D eigenvalue weighted by atomic mass is 32.2. The Hall–Kier alpha value is -1.60. The molecule has 19 heavy (non-hydrogen) atoms. The van der Waals surface area contributed by atoms with E-state index in [0.29, 0.717) is 10.1 Å². The fraction of sp³-hybridized carbons (Fsp3) is 0.250. The number of hydrogen-bond donors (Lipinski definition) is 2. The molecule has 0 aliphatic carbocycles. The smallest absolute Gasteiger partial charge is 0.329 e. The standard InChI is InChI=1S/C12H10N2O3S2/c1-5-9(12(16)17)14-11(18-5)10-13-7-3-2-6(15)4-8(7)19-10/h2-5,9,15H,1H3,(H,16,17). The number of rotatable bonds is 2. The van der Waals surface area contributed by atoms with Gasteiger partial charge in [0.05, 0.1) is 10.2 Å². The summed E-state index contributed by atoms with van der Waals surface area (Å²) in [5.41, 5.74) is 0.785. The Morgan fingerprint density at radius 2 is 2.21 bits per heavy atom. The van der Waals surface area contributed by atoms with Crippen LogP contribution in [0.25, 0.3) is 10.2 Å². The van der Waals surface area contributed by atoms with Gasteiger partial charge in [-0.05, 0) is 18.2 Å². The Balaban J connectivity index is 2.01. The van der Waals surface area contributed by atoms with E-state index in [1.54, 1.807) is 18.2 Å². The van der Waals surface area contributed by atoms with E-state index >= 15 is 0 Å². The number of thioether (sulfide) groups is 1. The molecule has 0 radical (unpaired) electrons. The molecule has 1 aromatic heterocycles. The maximum Gasteiger partial charge on any atom is 0.329 e. The van der Waals surface area contributed by atoms with Crippen LogP contribution in [0.2, 0.25) is 0 Å². The molecule has 0 bridgehead atoms. The summed E-state index contributed by atoms with van der Waals surface area (Å²) < 4.78 is 0.865. The largest absolute Gasteiger partial charge is 0.508 e. The van der Waals surface area contributed by atoms with Gasteiger partial charge in [0.2, 0.25) is 0 Å². The lowest BCUT2D eigenvalue weighted by molar-refractivity contribution is -0.138. The van der Waals surface area contributed by atoms with E-state index in [9.17, 15) is 9.90 Å². The summed E-state index contributed by atoms with van der Waals surface area (Å²) in [6, 6.07) is 4.26. The third-order valence-corrected chi connectivity index (χ3v) is 5.11. The van der Waals surface area contributed by atoms with Crippen LogP contribution in [-0.4, -0.2) is 37.5 Å². The lowest BCUT2D eigenvalue weighted by atomic mass is 10.2. The number of phenols is 1. The number of thiazole rings is 1. The van der Waals surface area contributed by atoms with Crippen LogP contribution >= 0.6 is 23.1 Å². The number of aromatic nitrogens is 1. The van der Waals surface area contributed by atoms with E-state index in [-0.39, 0.29) is 11.0 Å². The van der Waals surface area contributed by atoms with Gasteiger partial charge in [-0.25, -0.2) is 9.78 Å². The van der Waals surface area contributed by atoms with Crippen LogP contribution in [0.1, 0.15) is 11.9 Å². The van der Waals surface area contributed by atoms with Gasteiger partial charge < -0.3 is 10.2 Å². The van der Waals surface area contributed by atoms with Crippen molar-refractivity contribution in [2.75, 3.05) is 0 Å². The average Bonchev–Trinajstić information content (AvgIpc) is 2.91. The van der Waals surface area contributed by atoms with Crippen LogP contribution in [0.3, 0.4) is 0 Å². The van der Waals surface area contributed by atoms with Crippen LogP contribution in [0.4, 0.5) is 0 Å². The maximum atomic E-state index is 11.0. The first kappa shape index (κ1) is 12.4. The number of benzene rings is 1. The maximum absolute atomic E-state index is 11.0. The number of phenolic OH excluding ortho intramolecular Hbond substituents is 1. The van der Waals surface area contributed by atoms with Gasteiger partial charge in [0.25, 0.3) is 0 Å². The lowest BCUT2D eigenvalue weighted by Gasteiger charge is -2.04. The van der Waals surface area contributed by atoms with Crippen LogP contribution in [-0.2, 0) is 4.79 Å². The molecule has 1 aromatic carbocycles.